The molecule has 0 aromatic heterocycles. The molecule has 0 aliphatic carbocycles. The highest BCUT2D eigenvalue weighted by Gasteiger charge is 2.38. The number of hydrogen-bond acceptors (Lipinski definition) is 3. The lowest BCUT2D eigenvalue weighted by atomic mass is 9.93. The summed E-state index contributed by atoms with van der Waals surface area (Å²) in [5, 5.41) is 0. The van der Waals surface area contributed by atoms with Gasteiger partial charge in [0.15, 0.2) is 5.82 Å². The predicted octanol–water partition coefficient (Wildman–Crippen LogP) is 2.59. The van der Waals surface area contributed by atoms with Crippen molar-refractivity contribution < 1.29 is 12.8 Å². The van der Waals surface area contributed by atoms with E-state index in [1.54, 1.807) is 0 Å². The van der Waals surface area contributed by atoms with Crippen molar-refractivity contribution in [1.82, 2.24) is 4.31 Å². The van der Waals surface area contributed by atoms with Gasteiger partial charge < -0.3 is 5.73 Å². The van der Waals surface area contributed by atoms with E-state index in [1.165, 1.54) is 16.4 Å². The highest BCUT2D eigenvalue weighted by Crippen LogP contribution is 2.35. The molecule has 106 valence electrons. The average molecular weight is 351 g/mol. The number of nitrogens with two attached hydrogens (primary N) is 1. The van der Waals surface area contributed by atoms with E-state index in [0.29, 0.717) is 13.1 Å². The summed E-state index contributed by atoms with van der Waals surface area (Å²) in [6.07, 6.45) is 0.761. The first-order valence-electron chi connectivity index (χ1n) is 5.88. The van der Waals surface area contributed by atoms with E-state index in [-0.39, 0.29) is 20.5 Å². The van der Waals surface area contributed by atoms with Gasteiger partial charge in [-0.2, -0.15) is 4.31 Å². The van der Waals surface area contributed by atoms with Crippen LogP contribution in [0.15, 0.2) is 21.5 Å². The molecule has 0 atom stereocenters. The zero-order chi connectivity index (χ0) is 14.4. The summed E-state index contributed by atoms with van der Waals surface area (Å²) in [4.78, 5) is -0.364. The topological polar surface area (TPSA) is 63.4 Å². The van der Waals surface area contributed by atoms with Crippen molar-refractivity contribution in [2.24, 2.45) is 5.41 Å². The van der Waals surface area contributed by atoms with Crippen LogP contribution >= 0.6 is 15.9 Å². The van der Waals surface area contributed by atoms with Crippen LogP contribution in [0.1, 0.15) is 20.3 Å². The molecule has 0 spiro atoms. The summed E-state index contributed by atoms with van der Waals surface area (Å²) < 4.78 is 40.3. The third kappa shape index (κ3) is 2.78. The van der Waals surface area contributed by atoms with Crippen LogP contribution in [0.25, 0.3) is 0 Å². The zero-order valence-electron chi connectivity index (χ0n) is 10.8. The van der Waals surface area contributed by atoms with Gasteiger partial charge in [-0.05, 0) is 39.9 Å². The molecule has 1 fully saturated rings. The van der Waals surface area contributed by atoms with Crippen molar-refractivity contribution in [3.63, 3.8) is 0 Å². The number of benzene rings is 1. The van der Waals surface area contributed by atoms with Crippen LogP contribution in [0.2, 0.25) is 0 Å². The Morgan fingerprint density at radius 1 is 1.42 bits per heavy atom. The minimum Gasteiger partial charge on any atom is -0.399 e. The van der Waals surface area contributed by atoms with Gasteiger partial charge in [-0.15, -0.1) is 0 Å². The van der Waals surface area contributed by atoms with E-state index in [4.69, 9.17) is 5.73 Å². The maximum atomic E-state index is 14.0. The summed E-state index contributed by atoms with van der Waals surface area (Å²) in [6.45, 7) is 4.78. The second-order valence-electron chi connectivity index (χ2n) is 5.57. The molecule has 19 heavy (non-hydrogen) atoms. The summed E-state index contributed by atoms with van der Waals surface area (Å²) >= 11 is 2.98. The molecule has 4 nitrogen and oxygen atoms in total. The molecule has 1 aliphatic rings. The number of nitrogens with zero attached hydrogens (tertiary/aromatic N) is 1. The van der Waals surface area contributed by atoms with Gasteiger partial charge in [0, 0.05) is 18.8 Å². The molecule has 1 saturated heterocycles. The van der Waals surface area contributed by atoms with E-state index in [9.17, 15) is 12.8 Å². The van der Waals surface area contributed by atoms with Gasteiger partial charge in [-0.1, -0.05) is 13.8 Å². The Morgan fingerprint density at radius 3 is 2.58 bits per heavy atom. The first kappa shape index (κ1) is 14.7. The van der Waals surface area contributed by atoms with Crippen molar-refractivity contribution >= 4 is 31.6 Å². The predicted molar refractivity (Wildman–Crippen MR) is 75.7 cm³/mol. The second-order valence-corrected chi connectivity index (χ2v) is 8.33. The van der Waals surface area contributed by atoms with E-state index >= 15 is 0 Å². The van der Waals surface area contributed by atoms with Gasteiger partial charge in [0.05, 0.1) is 4.47 Å². The molecule has 0 radical (unpaired) electrons. The van der Waals surface area contributed by atoms with Crippen molar-refractivity contribution in [2.75, 3.05) is 18.8 Å². The fraction of sp³-hybridized carbons (Fsp3) is 0.500. The number of sulfonamides is 1. The highest BCUT2D eigenvalue weighted by atomic mass is 79.9. The first-order valence-corrected chi connectivity index (χ1v) is 8.11. The van der Waals surface area contributed by atoms with E-state index in [2.05, 4.69) is 15.9 Å². The number of nitrogen functional groups attached to an aromatic ring is 1. The van der Waals surface area contributed by atoms with Gasteiger partial charge in [0.25, 0.3) is 0 Å². The van der Waals surface area contributed by atoms with Crippen LogP contribution in [0.4, 0.5) is 10.1 Å². The van der Waals surface area contributed by atoms with Gasteiger partial charge >= 0.3 is 0 Å². The molecular formula is C12H16BrFN2O2S. The monoisotopic (exact) mass is 350 g/mol. The first-order chi connectivity index (χ1) is 8.63. The van der Waals surface area contributed by atoms with Crippen LogP contribution in [0, 0.1) is 11.2 Å². The Balaban J connectivity index is 2.47. The molecule has 1 aliphatic heterocycles. The summed E-state index contributed by atoms with van der Waals surface area (Å²) in [7, 11) is -3.84. The number of halogens is 2. The Labute approximate surface area is 121 Å². The summed E-state index contributed by atoms with van der Waals surface area (Å²) in [6, 6.07) is 2.52. The maximum Gasteiger partial charge on any atom is 0.246 e. The quantitative estimate of drug-likeness (QED) is 0.833. The Bertz CT molecular complexity index is 616. The molecule has 1 aromatic carbocycles. The van der Waals surface area contributed by atoms with Crippen molar-refractivity contribution in [1.29, 1.82) is 0 Å². The molecule has 0 unspecified atom stereocenters. The number of anilines is 1. The van der Waals surface area contributed by atoms with Crippen LogP contribution < -0.4 is 5.73 Å². The standard InChI is InChI=1S/C12H16BrFN2O2S/c1-12(2)3-4-16(7-12)19(17,18)10-6-8(15)5-9(13)11(10)14/h5-6H,3-4,7,15H2,1-2H3. The minimum absolute atomic E-state index is 0.0598. The third-order valence-corrected chi connectivity index (χ3v) is 5.70. The van der Waals surface area contributed by atoms with Gasteiger partial charge in [-0.3, -0.25) is 0 Å². The molecule has 1 aromatic rings. The van der Waals surface area contributed by atoms with Crippen molar-refractivity contribution in [3.8, 4) is 0 Å². The van der Waals surface area contributed by atoms with Crippen molar-refractivity contribution in [3.05, 3.63) is 22.4 Å². The molecule has 7 heteroatoms. The van der Waals surface area contributed by atoms with Gasteiger partial charge in [0.2, 0.25) is 10.0 Å². The highest BCUT2D eigenvalue weighted by molar-refractivity contribution is 9.10. The SMILES string of the molecule is CC1(C)CCN(S(=O)(=O)c2cc(N)cc(Br)c2F)C1. The Morgan fingerprint density at radius 2 is 2.05 bits per heavy atom. The van der Waals surface area contributed by atoms with Crippen LogP contribution in [-0.4, -0.2) is 25.8 Å². The zero-order valence-corrected chi connectivity index (χ0v) is 13.2. The molecular weight excluding hydrogens is 335 g/mol. The van der Waals surface area contributed by atoms with Gasteiger partial charge in [0.1, 0.15) is 4.90 Å². The number of rotatable bonds is 2. The molecule has 0 saturated carbocycles. The lowest BCUT2D eigenvalue weighted by Gasteiger charge is -2.20. The second kappa shape index (κ2) is 4.71. The lowest BCUT2D eigenvalue weighted by Crippen LogP contribution is -2.31. The van der Waals surface area contributed by atoms with Crippen LogP contribution in [0.3, 0.4) is 0 Å². The molecule has 0 amide bonds. The fourth-order valence-electron chi connectivity index (χ4n) is 2.18. The van der Waals surface area contributed by atoms with Crippen LogP contribution in [-0.2, 0) is 10.0 Å². The normalized spacial score (nSPS) is 19.8. The van der Waals surface area contributed by atoms with E-state index in [1.807, 2.05) is 13.8 Å². The van der Waals surface area contributed by atoms with Gasteiger partial charge in [-0.25, -0.2) is 12.8 Å². The summed E-state index contributed by atoms with van der Waals surface area (Å²) in [5.74, 6) is -0.793. The van der Waals surface area contributed by atoms with E-state index in [0.717, 1.165) is 6.42 Å². The minimum atomic E-state index is -3.84. The third-order valence-electron chi connectivity index (χ3n) is 3.28. The largest absolute Gasteiger partial charge is 0.399 e. The van der Waals surface area contributed by atoms with Crippen LogP contribution in [0.5, 0.6) is 0 Å². The van der Waals surface area contributed by atoms with E-state index < -0.39 is 15.8 Å². The fourth-order valence-corrected chi connectivity index (χ4v) is 4.54. The molecule has 0 bridgehead atoms. The molecule has 2 N–H and O–H groups in total. The Hall–Kier alpha value is -0.660. The molecule has 2 rings (SSSR count). The summed E-state index contributed by atoms with van der Waals surface area (Å²) in [5.41, 5.74) is 5.73. The molecule has 1 heterocycles. The number of hydrogen-bond donors (Lipinski definition) is 1. The lowest BCUT2D eigenvalue weighted by molar-refractivity contribution is 0.374. The Kier molecular flexibility index (Phi) is 3.66. The van der Waals surface area contributed by atoms with Crippen molar-refractivity contribution in [2.45, 2.75) is 25.2 Å². The average Bonchev–Trinajstić information content (AvgIpc) is 2.64. The smallest absolute Gasteiger partial charge is 0.246 e. The maximum absolute atomic E-state index is 14.0.